The number of benzene rings is 2. The van der Waals surface area contributed by atoms with Gasteiger partial charge in [-0.2, -0.15) is 10.6 Å². The summed E-state index contributed by atoms with van der Waals surface area (Å²) in [5, 5.41) is 17.8. The van der Waals surface area contributed by atoms with Crippen molar-refractivity contribution in [3.63, 3.8) is 0 Å². The Morgan fingerprint density at radius 3 is 1.88 bits per heavy atom. The number of hydrogen-bond donors (Lipinski definition) is 3. The smallest absolute Gasteiger partial charge is 0.272 e. The van der Waals surface area contributed by atoms with Crippen molar-refractivity contribution < 1.29 is 56.5 Å². The molecule has 3 aliphatic heterocycles. The monoisotopic (exact) mass is 1150 g/mol. The second-order valence-corrected chi connectivity index (χ2v) is 17.7. The van der Waals surface area contributed by atoms with Gasteiger partial charge in [-0.1, -0.05) is 118 Å². The summed E-state index contributed by atoms with van der Waals surface area (Å²) in [4.78, 5) is 62.2. The molecule has 13 nitrogen and oxygen atoms in total. The molecule has 1 unspecified atom stereocenters. The fraction of sp³-hybridized carbons (Fsp3) is 0.667. The third-order valence-electron chi connectivity index (χ3n) is 12.1. The van der Waals surface area contributed by atoms with Gasteiger partial charge in [-0.25, -0.2) is 9.49 Å². The first-order chi connectivity index (χ1) is 31.5. The van der Waals surface area contributed by atoms with Crippen LogP contribution in [0.5, 0.6) is 0 Å². The zero-order valence-corrected chi connectivity index (χ0v) is 45.8. The Bertz CT molecular complexity index is 1910. The van der Waals surface area contributed by atoms with Gasteiger partial charge in [0.1, 0.15) is 11.9 Å². The standard InChI is InChI=1S/C40H53FN8O5.3C3H8.C2H6.U.H2/c41-34-11-10-29(25-35-31-8-4-5-9-32(31)38(51)43-42-35)24-33(34)39(52)48-22-20-47(21-23-48)36(50)27-45-14-12-28(13-15-45)26-46-16-18-49(19-17-46)40(53)37(44-54)30-6-2-1-3-7-30;3*1-3-2;1-2;;/h4-5,8-11,24,28,30,37,44,54H,1-3,6-7,12-23,25-27H2,(H,43,51);3*3H2,1-2H3;1-2H3;;1H. The molecule has 15 heteroatoms. The molecule has 0 spiro atoms. The predicted molar refractivity (Wildman–Crippen MR) is 263 cm³/mol. The van der Waals surface area contributed by atoms with E-state index in [-0.39, 0.29) is 61.4 Å². The van der Waals surface area contributed by atoms with Crippen molar-refractivity contribution in [1.29, 1.82) is 0 Å². The molecule has 3 aromatic rings. The largest absolute Gasteiger partial charge is 0.339 e. The molecule has 4 heterocycles. The van der Waals surface area contributed by atoms with E-state index in [9.17, 15) is 28.8 Å². The molecule has 4 fully saturated rings. The van der Waals surface area contributed by atoms with Crippen molar-refractivity contribution in [3.8, 4) is 0 Å². The van der Waals surface area contributed by atoms with Gasteiger partial charge in [-0.3, -0.25) is 29.0 Å². The van der Waals surface area contributed by atoms with E-state index in [2.05, 4.69) is 67.0 Å². The minimum absolute atomic E-state index is 0. The number of halogens is 1. The topological polar surface area (TPSA) is 145 Å². The van der Waals surface area contributed by atoms with E-state index in [1.165, 1.54) is 31.7 Å². The fourth-order valence-corrected chi connectivity index (χ4v) is 8.84. The zero-order chi connectivity index (χ0) is 47.7. The van der Waals surface area contributed by atoms with Gasteiger partial charge in [0.05, 0.1) is 23.2 Å². The number of hydrogen-bond acceptors (Lipinski definition) is 9. The van der Waals surface area contributed by atoms with Crippen molar-refractivity contribution in [2.45, 2.75) is 132 Å². The molecule has 0 bridgehead atoms. The summed E-state index contributed by atoms with van der Waals surface area (Å²) in [7, 11) is 0. The van der Waals surface area contributed by atoms with Crippen LogP contribution in [0.2, 0.25) is 0 Å². The van der Waals surface area contributed by atoms with Crippen molar-refractivity contribution in [1.82, 2.24) is 40.2 Å². The Balaban J connectivity index is 0.00000158. The van der Waals surface area contributed by atoms with Crippen LogP contribution in [-0.2, 0) is 16.0 Å². The van der Waals surface area contributed by atoms with Gasteiger partial charge in [0.15, 0.2) is 0 Å². The van der Waals surface area contributed by atoms with E-state index < -0.39 is 17.8 Å². The Labute approximate surface area is 420 Å². The average molecular weight is 1150 g/mol. The number of fused-ring (bicyclic) bond motifs is 1. The van der Waals surface area contributed by atoms with Crippen molar-refractivity contribution in [3.05, 3.63) is 75.5 Å². The summed E-state index contributed by atoms with van der Waals surface area (Å²) in [5.41, 5.74) is 3.39. The zero-order valence-electron chi connectivity index (χ0n) is 41.7. The molecule has 3 N–H and O–H groups in total. The summed E-state index contributed by atoms with van der Waals surface area (Å²) < 4.78 is 15.0. The number of carbonyl (C=O) groups excluding carboxylic acids is 3. The number of hydroxylamine groups is 1. The van der Waals surface area contributed by atoms with Gasteiger partial charge in [0.25, 0.3) is 11.5 Å². The Morgan fingerprint density at radius 2 is 1.30 bits per heavy atom. The minimum Gasteiger partial charge on any atom is -0.339 e. The molecule has 2 aromatic carbocycles. The van der Waals surface area contributed by atoms with Crippen molar-refractivity contribution in [2.24, 2.45) is 11.8 Å². The Hall–Kier alpha value is -3.19. The van der Waals surface area contributed by atoms with Gasteiger partial charge in [-0.05, 0) is 74.4 Å². The second kappa shape index (κ2) is 32.5. The number of nitrogens with one attached hydrogen (secondary N) is 2. The molecular weight excluding hydrogens is 1060 g/mol. The van der Waals surface area contributed by atoms with Gasteiger partial charge < -0.3 is 19.9 Å². The molecule has 3 saturated heterocycles. The molecule has 1 saturated carbocycles. The van der Waals surface area contributed by atoms with Gasteiger partial charge >= 0.3 is 0 Å². The maximum Gasteiger partial charge on any atom is 0.272 e. The molecule has 66 heavy (non-hydrogen) atoms. The number of aromatic nitrogens is 2. The number of nitrogens with zero attached hydrogens (tertiary/aromatic N) is 6. The Kier molecular flexibility index (Phi) is 29.1. The molecule has 0 radical (unpaired) electrons. The van der Waals surface area contributed by atoms with Crippen LogP contribution >= 0.6 is 0 Å². The van der Waals surface area contributed by atoms with Gasteiger partial charge in [0.2, 0.25) is 11.8 Å². The number of likely N-dealkylation sites (tertiary alicyclic amines) is 1. The van der Waals surface area contributed by atoms with Crippen LogP contribution in [0.4, 0.5) is 4.39 Å². The number of rotatable bonds is 10. The molecule has 1 aliphatic carbocycles. The van der Waals surface area contributed by atoms with Gasteiger partial charge in [-0.15, -0.1) is 0 Å². The van der Waals surface area contributed by atoms with Gasteiger partial charge in [0, 0.05) is 103 Å². The number of amides is 3. The summed E-state index contributed by atoms with van der Waals surface area (Å²) in [5.74, 6) is -0.154. The number of piperazine rings is 2. The number of carbonyl (C=O) groups is 3. The SMILES string of the molecule is CC.CCC.CCC.CCC.O=C(CN1CCC(CN2CCN(C(=O)C(NO)C3CCCCC3)CC2)CC1)N1CCN(C(=O)c2cc(Cc3n[nH]c(=O)c4ccccc34)ccc2F)CC1.[HH].[U]. The first-order valence-corrected chi connectivity index (χ1v) is 25.0. The normalized spacial score (nSPS) is 17.6. The third kappa shape index (κ3) is 18.0. The molecule has 3 amide bonds. The first-order valence-electron chi connectivity index (χ1n) is 25.0. The van der Waals surface area contributed by atoms with Crippen molar-refractivity contribution >= 4 is 28.5 Å². The predicted octanol–water partition coefficient (Wildman–Crippen LogP) is 8.24. The summed E-state index contributed by atoms with van der Waals surface area (Å²) in [6.45, 7) is 24.3. The molecule has 370 valence electrons. The van der Waals surface area contributed by atoms with Crippen LogP contribution in [0.3, 0.4) is 0 Å². The maximum absolute atomic E-state index is 15.0. The van der Waals surface area contributed by atoms with E-state index in [1.54, 1.807) is 29.2 Å². The molecule has 1 atom stereocenters. The number of piperidine rings is 1. The summed E-state index contributed by atoms with van der Waals surface area (Å²) in [6, 6.07) is 11.2. The van der Waals surface area contributed by atoms with E-state index in [0.717, 1.165) is 71.2 Å². The van der Waals surface area contributed by atoms with E-state index in [4.69, 9.17) is 0 Å². The first kappa shape index (κ1) is 58.9. The number of H-pyrrole nitrogens is 1. The van der Waals surface area contributed by atoms with E-state index in [1.807, 2.05) is 35.8 Å². The van der Waals surface area contributed by atoms with E-state index in [0.29, 0.717) is 80.2 Å². The molecule has 1 aromatic heterocycles. The van der Waals surface area contributed by atoms with Crippen LogP contribution in [0.15, 0.2) is 47.3 Å². The molecular formula is C51H85FN8O5U. The minimum atomic E-state index is -0.596. The Morgan fingerprint density at radius 1 is 0.758 bits per heavy atom. The van der Waals surface area contributed by atoms with E-state index >= 15 is 0 Å². The van der Waals surface area contributed by atoms with Crippen LogP contribution in [-0.4, -0.2) is 142 Å². The molecule has 4 aliphatic rings. The second-order valence-electron chi connectivity index (χ2n) is 17.7. The van der Waals surface area contributed by atoms with Crippen LogP contribution in [0.25, 0.3) is 10.8 Å². The van der Waals surface area contributed by atoms with Crippen LogP contribution in [0, 0.1) is 48.8 Å². The summed E-state index contributed by atoms with van der Waals surface area (Å²) >= 11 is 0. The fourth-order valence-electron chi connectivity index (χ4n) is 8.84. The third-order valence-corrected chi connectivity index (χ3v) is 12.1. The van der Waals surface area contributed by atoms with Crippen molar-refractivity contribution in [2.75, 3.05) is 78.5 Å². The maximum atomic E-state index is 15.0. The van der Waals surface area contributed by atoms with Crippen LogP contribution < -0.4 is 11.0 Å². The number of aromatic amines is 1. The quantitative estimate of drug-likeness (QED) is 0.171. The average Bonchev–Trinajstić information content (AvgIpc) is 3.33. The summed E-state index contributed by atoms with van der Waals surface area (Å²) in [6.07, 6.45) is 11.5. The van der Waals surface area contributed by atoms with Crippen LogP contribution in [0.1, 0.15) is 143 Å². The molecule has 7 rings (SSSR count).